The highest BCUT2D eigenvalue weighted by Gasteiger charge is 1.96. The predicted molar refractivity (Wildman–Crippen MR) is 42.1 cm³/mol. The molecule has 0 bridgehead atoms. The molecular formula is C6H12N4. The van der Waals surface area contributed by atoms with E-state index in [2.05, 4.69) is 18.5 Å². The molecule has 0 amide bonds. The van der Waals surface area contributed by atoms with Gasteiger partial charge < -0.3 is 22.5 Å². The summed E-state index contributed by atoms with van der Waals surface area (Å²) in [5.41, 5.74) is 16.5. The van der Waals surface area contributed by atoms with E-state index in [1.165, 1.54) is 6.20 Å². The Morgan fingerprint density at radius 1 is 1.30 bits per heavy atom. The van der Waals surface area contributed by atoms with Gasteiger partial charge in [0.25, 0.3) is 0 Å². The third-order valence-electron chi connectivity index (χ3n) is 0.894. The summed E-state index contributed by atoms with van der Waals surface area (Å²) < 4.78 is 0. The molecule has 0 aliphatic heterocycles. The monoisotopic (exact) mass is 140 g/mol. The highest BCUT2D eigenvalue weighted by Crippen LogP contribution is 1.92. The van der Waals surface area contributed by atoms with E-state index < -0.39 is 0 Å². The van der Waals surface area contributed by atoms with Crippen molar-refractivity contribution in [2.45, 2.75) is 0 Å². The van der Waals surface area contributed by atoms with Gasteiger partial charge in [0.1, 0.15) is 5.82 Å². The van der Waals surface area contributed by atoms with E-state index in [0.29, 0.717) is 0 Å². The molecule has 0 fully saturated rings. The van der Waals surface area contributed by atoms with E-state index in [1.807, 2.05) is 0 Å². The fourth-order valence-electron chi connectivity index (χ4n) is 0.361. The minimum atomic E-state index is 0.242. The van der Waals surface area contributed by atoms with Crippen LogP contribution in [0.25, 0.3) is 0 Å². The van der Waals surface area contributed by atoms with E-state index >= 15 is 0 Å². The molecule has 0 saturated heterocycles. The Morgan fingerprint density at radius 3 is 2.10 bits per heavy atom. The lowest BCUT2D eigenvalue weighted by atomic mass is 10.3. The Hall–Kier alpha value is -1.58. The largest absolute Gasteiger partial charge is 0.397 e. The number of nitrogens with one attached hydrogen (secondary N) is 1. The topological polar surface area (TPSA) is 90.1 Å². The van der Waals surface area contributed by atoms with E-state index in [0.717, 1.165) is 0 Å². The van der Waals surface area contributed by atoms with Crippen molar-refractivity contribution >= 4 is 0 Å². The van der Waals surface area contributed by atoms with Crippen molar-refractivity contribution in [3.63, 3.8) is 0 Å². The fourth-order valence-corrected chi connectivity index (χ4v) is 0.361. The zero-order chi connectivity index (χ0) is 8.15. The summed E-state index contributed by atoms with van der Waals surface area (Å²) in [5.74, 6) is 0.266. The summed E-state index contributed by atoms with van der Waals surface area (Å²) >= 11 is 0. The van der Waals surface area contributed by atoms with Crippen molar-refractivity contribution in [2.75, 3.05) is 0 Å². The Kier molecular flexibility index (Phi) is 2.90. The zero-order valence-corrected chi connectivity index (χ0v) is 5.72. The van der Waals surface area contributed by atoms with Gasteiger partial charge in [-0.15, -0.1) is 0 Å². The number of rotatable bonds is 3. The molecule has 0 aromatic heterocycles. The van der Waals surface area contributed by atoms with Crippen molar-refractivity contribution < 1.29 is 0 Å². The zero-order valence-electron chi connectivity index (χ0n) is 5.72. The van der Waals surface area contributed by atoms with Crippen molar-refractivity contribution in [1.29, 1.82) is 0 Å². The summed E-state index contributed by atoms with van der Waals surface area (Å²) in [6, 6.07) is 0. The lowest BCUT2D eigenvalue weighted by Crippen LogP contribution is -2.23. The van der Waals surface area contributed by atoms with E-state index in [9.17, 15) is 0 Å². The Morgan fingerprint density at radius 2 is 1.80 bits per heavy atom. The molecular weight excluding hydrogens is 128 g/mol. The summed E-state index contributed by atoms with van der Waals surface area (Å²) in [6.07, 6.45) is 1.41. The van der Waals surface area contributed by atoms with Crippen LogP contribution in [0, 0.1) is 0 Å². The van der Waals surface area contributed by atoms with Gasteiger partial charge in [0.2, 0.25) is 0 Å². The Balaban J connectivity index is 4.33. The second-order valence-corrected chi connectivity index (χ2v) is 1.70. The molecule has 0 aromatic rings. The standard InChI is InChI=1S/C6H12N4/c1-3-10-6(9)5(8)4(2)7/h3,10H,1-2,7-9H2/b6-5-. The normalized spacial score (nSPS) is 11.6. The maximum atomic E-state index is 5.37. The lowest BCUT2D eigenvalue weighted by Gasteiger charge is -2.04. The SMILES string of the molecule is C=CN/C(N)=C(\N)C(=C)N. The third-order valence-corrected chi connectivity index (χ3v) is 0.894. The third kappa shape index (κ3) is 2.13. The summed E-state index contributed by atoms with van der Waals surface area (Å²) in [6.45, 7) is 6.79. The second kappa shape index (κ2) is 3.45. The molecule has 0 unspecified atom stereocenters. The molecule has 0 saturated carbocycles. The number of hydrogen-bond donors (Lipinski definition) is 4. The first-order chi connectivity index (χ1) is 4.59. The molecule has 0 aliphatic rings. The summed E-state index contributed by atoms with van der Waals surface area (Å²) in [4.78, 5) is 0. The van der Waals surface area contributed by atoms with Gasteiger partial charge in [0, 0.05) is 0 Å². The summed E-state index contributed by atoms with van der Waals surface area (Å²) in [7, 11) is 0. The smallest absolute Gasteiger partial charge is 0.126 e. The minimum Gasteiger partial charge on any atom is -0.397 e. The Bertz CT molecular complexity index is 180. The van der Waals surface area contributed by atoms with Crippen LogP contribution < -0.4 is 22.5 Å². The van der Waals surface area contributed by atoms with Crippen LogP contribution >= 0.6 is 0 Å². The van der Waals surface area contributed by atoms with Crippen LogP contribution in [0.2, 0.25) is 0 Å². The molecule has 0 spiro atoms. The second-order valence-electron chi connectivity index (χ2n) is 1.70. The van der Waals surface area contributed by atoms with Gasteiger partial charge in [0.15, 0.2) is 0 Å². The molecule has 10 heavy (non-hydrogen) atoms. The predicted octanol–water partition coefficient (Wildman–Crippen LogP) is -0.722. The first kappa shape index (κ1) is 8.42. The van der Waals surface area contributed by atoms with Gasteiger partial charge in [0.05, 0.1) is 11.4 Å². The van der Waals surface area contributed by atoms with Crippen LogP contribution in [0.15, 0.2) is 36.6 Å². The van der Waals surface area contributed by atoms with Gasteiger partial charge in [-0.1, -0.05) is 13.2 Å². The van der Waals surface area contributed by atoms with Crippen LogP contribution in [0.3, 0.4) is 0 Å². The van der Waals surface area contributed by atoms with Crippen LogP contribution in [0.4, 0.5) is 0 Å². The molecule has 0 aliphatic carbocycles. The van der Waals surface area contributed by atoms with Gasteiger partial charge in [-0.05, 0) is 6.20 Å². The van der Waals surface area contributed by atoms with Crippen LogP contribution in [0.1, 0.15) is 0 Å². The van der Waals surface area contributed by atoms with Crippen molar-refractivity contribution in [2.24, 2.45) is 17.2 Å². The molecule has 0 atom stereocenters. The summed E-state index contributed by atoms with van der Waals surface area (Å²) in [5, 5.41) is 2.58. The molecule has 4 nitrogen and oxygen atoms in total. The fraction of sp³-hybridized carbons (Fsp3) is 0. The van der Waals surface area contributed by atoms with E-state index in [4.69, 9.17) is 17.2 Å². The molecule has 4 heteroatoms. The number of nitrogens with two attached hydrogens (primary N) is 3. The first-order valence-electron chi connectivity index (χ1n) is 2.67. The first-order valence-corrected chi connectivity index (χ1v) is 2.67. The van der Waals surface area contributed by atoms with Crippen LogP contribution in [-0.2, 0) is 0 Å². The highest BCUT2D eigenvalue weighted by atomic mass is 15.0. The van der Waals surface area contributed by atoms with Crippen molar-refractivity contribution in [3.8, 4) is 0 Å². The molecule has 7 N–H and O–H groups in total. The van der Waals surface area contributed by atoms with Gasteiger partial charge in [-0.3, -0.25) is 0 Å². The average Bonchev–Trinajstić information content (AvgIpc) is 1.87. The van der Waals surface area contributed by atoms with Gasteiger partial charge >= 0.3 is 0 Å². The maximum Gasteiger partial charge on any atom is 0.126 e. The molecule has 0 rings (SSSR count). The van der Waals surface area contributed by atoms with Crippen LogP contribution in [-0.4, -0.2) is 0 Å². The lowest BCUT2D eigenvalue weighted by molar-refractivity contribution is 0.980. The van der Waals surface area contributed by atoms with Crippen LogP contribution in [0.5, 0.6) is 0 Å². The quantitative estimate of drug-likeness (QED) is 0.389. The van der Waals surface area contributed by atoms with Gasteiger partial charge in [-0.2, -0.15) is 0 Å². The molecule has 0 heterocycles. The van der Waals surface area contributed by atoms with Gasteiger partial charge in [-0.25, -0.2) is 0 Å². The Labute approximate surface area is 60.1 Å². The van der Waals surface area contributed by atoms with Crippen molar-refractivity contribution in [1.82, 2.24) is 5.32 Å². The minimum absolute atomic E-state index is 0.242. The van der Waals surface area contributed by atoms with Crippen molar-refractivity contribution in [3.05, 3.63) is 36.6 Å². The highest BCUT2D eigenvalue weighted by molar-refractivity contribution is 5.26. The maximum absolute atomic E-state index is 5.37. The molecule has 0 radical (unpaired) electrons. The van der Waals surface area contributed by atoms with E-state index in [1.54, 1.807) is 0 Å². The molecule has 0 aromatic carbocycles. The van der Waals surface area contributed by atoms with E-state index in [-0.39, 0.29) is 17.2 Å². The molecule has 56 valence electrons. The number of hydrogen-bond acceptors (Lipinski definition) is 4. The average molecular weight is 140 g/mol.